The third-order valence-corrected chi connectivity index (χ3v) is 5.57. The van der Waals surface area contributed by atoms with Gasteiger partial charge in [0, 0.05) is 29.7 Å². The standard InChI is InChI=1S/C22H17ClF4N4O2/c23-16-5-2-6-17(24)15(16)12-30-7-8-31-19(21(30)33)10-18(29-31)20(32)28-11-13-3-1-4-14(9-13)22(25,26)27/h1-6,9-10H,7-8,11-12H2,(H,28,32). The lowest BCUT2D eigenvalue weighted by atomic mass is 10.1. The SMILES string of the molecule is O=C(NCc1cccc(C(F)(F)F)c1)c1cc2n(n1)CCN(Cc1c(F)cccc1Cl)C2=O. The van der Waals surface area contributed by atoms with E-state index in [2.05, 4.69) is 10.4 Å². The second-order valence-corrected chi connectivity index (χ2v) is 7.85. The first kappa shape index (κ1) is 22.8. The van der Waals surface area contributed by atoms with E-state index < -0.39 is 29.4 Å². The number of alkyl halides is 3. The zero-order valence-corrected chi connectivity index (χ0v) is 17.8. The second-order valence-electron chi connectivity index (χ2n) is 7.45. The van der Waals surface area contributed by atoms with Crippen LogP contribution < -0.4 is 5.32 Å². The van der Waals surface area contributed by atoms with Crippen molar-refractivity contribution in [2.45, 2.75) is 25.8 Å². The summed E-state index contributed by atoms with van der Waals surface area (Å²) in [6.45, 7) is 0.348. The van der Waals surface area contributed by atoms with Gasteiger partial charge in [0.2, 0.25) is 0 Å². The highest BCUT2D eigenvalue weighted by molar-refractivity contribution is 6.31. The van der Waals surface area contributed by atoms with Crippen LogP contribution in [0.3, 0.4) is 0 Å². The van der Waals surface area contributed by atoms with E-state index >= 15 is 0 Å². The number of fused-ring (bicyclic) bond motifs is 1. The van der Waals surface area contributed by atoms with E-state index in [0.717, 1.165) is 12.1 Å². The Morgan fingerprint density at radius 3 is 2.61 bits per heavy atom. The van der Waals surface area contributed by atoms with E-state index in [-0.39, 0.29) is 53.7 Å². The fourth-order valence-electron chi connectivity index (χ4n) is 3.50. The quantitative estimate of drug-likeness (QED) is 0.554. The van der Waals surface area contributed by atoms with E-state index in [1.165, 1.54) is 46.0 Å². The summed E-state index contributed by atoms with van der Waals surface area (Å²) in [6.07, 6.45) is -4.48. The summed E-state index contributed by atoms with van der Waals surface area (Å²) in [5.41, 5.74) is -0.243. The molecule has 0 unspecified atom stereocenters. The number of hydrogen-bond donors (Lipinski definition) is 1. The van der Waals surface area contributed by atoms with Crippen molar-refractivity contribution >= 4 is 23.4 Å². The number of carbonyl (C=O) groups is 2. The first-order chi connectivity index (χ1) is 15.6. The third-order valence-electron chi connectivity index (χ3n) is 5.22. The normalized spacial score (nSPS) is 13.7. The van der Waals surface area contributed by atoms with Crippen molar-refractivity contribution < 1.29 is 27.2 Å². The maximum atomic E-state index is 14.1. The van der Waals surface area contributed by atoms with Gasteiger partial charge in [-0.3, -0.25) is 14.3 Å². The molecule has 2 aromatic carbocycles. The van der Waals surface area contributed by atoms with Crippen molar-refractivity contribution in [1.29, 1.82) is 0 Å². The number of benzene rings is 2. The molecule has 1 N–H and O–H groups in total. The Hall–Kier alpha value is -3.40. The predicted octanol–water partition coefficient (Wildman–Crippen LogP) is 4.28. The monoisotopic (exact) mass is 480 g/mol. The molecule has 2 heterocycles. The van der Waals surface area contributed by atoms with E-state index in [1.807, 2.05) is 0 Å². The predicted molar refractivity (Wildman–Crippen MR) is 111 cm³/mol. The molecule has 11 heteroatoms. The molecule has 0 saturated heterocycles. The Morgan fingerprint density at radius 2 is 1.88 bits per heavy atom. The van der Waals surface area contributed by atoms with Crippen molar-refractivity contribution in [3.8, 4) is 0 Å². The summed E-state index contributed by atoms with van der Waals surface area (Å²) in [5.74, 6) is -1.60. The number of rotatable bonds is 5. The van der Waals surface area contributed by atoms with Gasteiger partial charge in [-0.15, -0.1) is 0 Å². The maximum Gasteiger partial charge on any atom is 0.416 e. The van der Waals surface area contributed by atoms with E-state index in [4.69, 9.17) is 11.6 Å². The molecule has 0 aliphatic carbocycles. The van der Waals surface area contributed by atoms with Gasteiger partial charge >= 0.3 is 6.18 Å². The fourth-order valence-corrected chi connectivity index (χ4v) is 3.73. The first-order valence-corrected chi connectivity index (χ1v) is 10.3. The van der Waals surface area contributed by atoms with Crippen LogP contribution in [0.1, 0.15) is 37.7 Å². The van der Waals surface area contributed by atoms with Crippen LogP contribution in [-0.2, 0) is 25.8 Å². The highest BCUT2D eigenvalue weighted by Crippen LogP contribution is 2.29. The van der Waals surface area contributed by atoms with Crippen LogP contribution in [0, 0.1) is 5.82 Å². The summed E-state index contributed by atoms with van der Waals surface area (Å²) in [7, 11) is 0. The molecule has 4 rings (SSSR count). The molecule has 0 radical (unpaired) electrons. The molecule has 0 spiro atoms. The molecule has 0 fully saturated rings. The van der Waals surface area contributed by atoms with Crippen molar-refractivity contribution in [1.82, 2.24) is 20.0 Å². The Morgan fingerprint density at radius 1 is 1.12 bits per heavy atom. The molecule has 2 amide bonds. The third kappa shape index (κ3) is 4.85. The van der Waals surface area contributed by atoms with E-state index in [9.17, 15) is 27.2 Å². The lowest BCUT2D eigenvalue weighted by molar-refractivity contribution is -0.137. The minimum absolute atomic E-state index is 0.0351. The molecular weight excluding hydrogens is 464 g/mol. The highest BCUT2D eigenvalue weighted by Gasteiger charge is 2.31. The first-order valence-electron chi connectivity index (χ1n) is 9.88. The topological polar surface area (TPSA) is 67.2 Å². The molecule has 0 saturated carbocycles. The van der Waals surface area contributed by atoms with Crippen molar-refractivity contribution in [2.24, 2.45) is 0 Å². The van der Waals surface area contributed by atoms with Crippen molar-refractivity contribution in [3.63, 3.8) is 0 Å². The van der Waals surface area contributed by atoms with Crippen LogP contribution in [0.4, 0.5) is 17.6 Å². The Balaban J connectivity index is 1.45. The highest BCUT2D eigenvalue weighted by atomic mass is 35.5. The van der Waals surface area contributed by atoms with Gasteiger partial charge in [0.25, 0.3) is 11.8 Å². The average molecular weight is 481 g/mol. The summed E-state index contributed by atoms with van der Waals surface area (Å²) in [4.78, 5) is 26.7. The van der Waals surface area contributed by atoms with Crippen LogP contribution in [0.2, 0.25) is 5.02 Å². The molecule has 6 nitrogen and oxygen atoms in total. The van der Waals surface area contributed by atoms with Crippen LogP contribution in [0.5, 0.6) is 0 Å². The van der Waals surface area contributed by atoms with Gasteiger partial charge < -0.3 is 10.2 Å². The molecular formula is C22H17ClF4N4O2. The molecule has 172 valence electrons. The number of hydrogen-bond acceptors (Lipinski definition) is 3. The molecule has 1 aliphatic rings. The Bertz CT molecular complexity index is 1210. The van der Waals surface area contributed by atoms with Crippen LogP contribution >= 0.6 is 11.6 Å². The average Bonchev–Trinajstić information content (AvgIpc) is 3.21. The van der Waals surface area contributed by atoms with Gasteiger partial charge in [-0.2, -0.15) is 18.3 Å². The number of nitrogens with zero attached hydrogens (tertiary/aromatic N) is 3. The minimum atomic E-state index is -4.48. The van der Waals surface area contributed by atoms with Gasteiger partial charge in [-0.05, 0) is 29.8 Å². The molecule has 0 atom stereocenters. The van der Waals surface area contributed by atoms with Gasteiger partial charge in [0.1, 0.15) is 11.5 Å². The van der Waals surface area contributed by atoms with Gasteiger partial charge in [0.15, 0.2) is 5.69 Å². The molecule has 33 heavy (non-hydrogen) atoms. The van der Waals surface area contributed by atoms with E-state index in [0.29, 0.717) is 0 Å². The number of aromatic nitrogens is 2. The Labute approximate surface area is 190 Å². The van der Waals surface area contributed by atoms with Gasteiger partial charge in [-0.25, -0.2) is 4.39 Å². The number of halogens is 5. The van der Waals surface area contributed by atoms with Crippen molar-refractivity contribution in [2.75, 3.05) is 6.54 Å². The van der Waals surface area contributed by atoms with E-state index in [1.54, 1.807) is 0 Å². The molecule has 3 aromatic rings. The molecule has 1 aliphatic heterocycles. The zero-order valence-electron chi connectivity index (χ0n) is 17.0. The fraction of sp³-hybridized carbons (Fsp3) is 0.227. The number of carbonyl (C=O) groups excluding carboxylic acids is 2. The van der Waals surface area contributed by atoms with Crippen LogP contribution in [0.25, 0.3) is 0 Å². The maximum absolute atomic E-state index is 14.1. The zero-order chi connectivity index (χ0) is 23.8. The second kappa shape index (κ2) is 8.86. The molecule has 0 bridgehead atoms. The lowest BCUT2D eigenvalue weighted by Gasteiger charge is -2.27. The summed E-state index contributed by atoms with van der Waals surface area (Å²) < 4.78 is 54.0. The van der Waals surface area contributed by atoms with Gasteiger partial charge in [-0.1, -0.05) is 29.8 Å². The summed E-state index contributed by atoms with van der Waals surface area (Å²) in [5, 5.41) is 6.84. The smallest absolute Gasteiger partial charge is 0.347 e. The largest absolute Gasteiger partial charge is 0.416 e. The lowest BCUT2D eigenvalue weighted by Crippen LogP contribution is -2.40. The van der Waals surface area contributed by atoms with Gasteiger partial charge in [0.05, 0.1) is 18.7 Å². The number of amides is 2. The van der Waals surface area contributed by atoms with Crippen LogP contribution in [0.15, 0.2) is 48.5 Å². The summed E-state index contributed by atoms with van der Waals surface area (Å²) in [6, 6.07) is 10.2. The Kier molecular flexibility index (Phi) is 6.11. The molecule has 1 aromatic heterocycles. The summed E-state index contributed by atoms with van der Waals surface area (Å²) >= 11 is 6.05. The van der Waals surface area contributed by atoms with Crippen LogP contribution in [-0.4, -0.2) is 33.0 Å². The number of nitrogens with one attached hydrogen (secondary N) is 1. The minimum Gasteiger partial charge on any atom is -0.347 e. The van der Waals surface area contributed by atoms with Crippen molar-refractivity contribution in [3.05, 3.63) is 87.4 Å².